The third-order valence-electron chi connectivity index (χ3n) is 2.48. The van der Waals surface area contributed by atoms with Gasteiger partial charge in [-0.2, -0.15) is 8.42 Å². The number of aromatic hydroxyl groups is 1. The Kier molecular flexibility index (Phi) is 2.36. The van der Waals surface area contributed by atoms with Gasteiger partial charge in [0.2, 0.25) is 0 Å². The average molecular weight is 238 g/mol. The molecule has 2 N–H and O–H groups in total. The monoisotopic (exact) mass is 238 g/mol. The molecular formula is C11H10O4S. The number of fused-ring (bicyclic) bond motifs is 1. The summed E-state index contributed by atoms with van der Waals surface area (Å²) in [5.41, 5.74) is 0.832. The van der Waals surface area contributed by atoms with Crippen LogP contribution in [0.25, 0.3) is 10.8 Å². The van der Waals surface area contributed by atoms with Gasteiger partial charge in [-0.25, -0.2) is 0 Å². The predicted octanol–water partition coefficient (Wildman–Crippen LogP) is 2.10. The molecule has 0 saturated heterocycles. The van der Waals surface area contributed by atoms with Crippen LogP contribution in [0.2, 0.25) is 0 Å². The zero-order valence-electron chi connectivity index (χ0n) is 8.51. The first-order valence-corrected chi connectivity index (χ1v) is 6.04. The highest BCUT2D eigenvalue weighted by atomic mass is 32.2. The van der Waals surface area contributed by atoms with Gasteiger partial charge in [-0.1, -0.05) is 18.2 Å². The summed E-state index contributed by atoms with van der Waals surface area (Å²) < 4.78 is 31.4. The van der Waals surface area contributed by atoms with E-state index >= 15 is 0 Å². The lowest BCUT2D eigenvalue weighted by Gasteiger charge is -2.07. The van der Waals surface area contributed by atoms with Crippen molar-refractivity contribution in [3.8, 4) is 5.75 Å². The van der Waals surface area contributed by atoms with E-state index in [1.165, 1.54) is 18.2 Å². The van der Waals surface area contributed by atoms with Gasteiger partial charge in [0.1, 0.15) is 10.6 Å². The molecule has 0 heterocycles. The minimum atomic E-state index is -4.33. The van der Waals surface area contributed by atoms with E-state index in [1.807, 2.05) is 0 Å². The Morgan fingerprint density at radius 2 is 1.81 bits per heavy atom. The van der Waals surface area contributed by atoms with E-state index in [2.05, 4.69) is 0 Å². The maximum Gasteiger partial charge on any atom is 0.295 e. The predicted molar refractivity (Wildman–Crippen MR) is 60.2 cm³/mol. The first-order valence-electron chi connectivity index (χ1n) is 4.60. The first kappa shape index (κ1) is 10.9. The van der Waals surface area contributed by atoms with Crippen LogP contribution in [-0.2, 0) is 10.1 Å². The third kappa shape index (κ3) is 1.64. The molecule has 0 fully saturated rings. The second-order valence-electron chi connectivity index (χ2n) is 3.56. The molecule has 0 atom stereocenters. The second kappa shape index (κ2) is 3.47. The molecule has 0 aromatic heterocycles. The van der Waals surface area contributed by atoms with E-state index in [9.17, 15) is 13.5 Å². The summed E-state index contributed by atoms with van der Waals surface area (Å²) in [7, 11) is -4.33. The van der Waals surface area contributed by atoms with Crippen molar-refractivity contribution in [1.82, 2.24) is 0 Å². The molecule has 0 bridgehead atoms. The number of phenols is 1. The lowest BCUT2D eigenvalue weighted by Crippen LogP contribution is -1.99. The summed E-state index contributed by atoms with van der Waals surface area (Å²) in [5.74, 6) is -0.158. The van der Waals surface area contributed by atoms with Crippen LogP contribution in [0.5, 0.6) is 5.75 Å². The molecule has 0 aliphatic rings. The fraction of sp³-hybridized carbons (Fsp3) is 0.0909. The summed E-state index contributed by atoms with van der Waals surface area (Å²) in [5, 5.41) is 10.4. The molecule has 84 valence electrons. The maximum atomic E-state index is 11.2. The van der Waals surface area contributed by atoms with Gasteiger partial charge in [0.05, 0.1) is 0 Å². The Bertz CT molecular complexity index is 659. The van der Waals surface area contributed by atoms with Crippen molar-refractivity contribution in [2.75, 3.05) is 0 Å². The van der Waals surface area contributed by atoms with E-state index in [-0.39, 0.29) is 16.0 Å². The zero-order valence-corrected chi connectivity index (χ0v) is 9.32. The third-order valence-corrected chi connectivity index (χ3v) is 3.37. The molecule has 2 rings (SSSR count). The van der Waals surface area contributed by atoms with Crippen molar-refractivity contribution in [1.29, 1.82) is 0 Å². The molecular weight excluding hydrogens is 228 g/mol. The van der Waals surface area contributed by atoms with Crippen LogP contribution >= 0.6 is 0 Å². The van der Waals surface area contributed by atoms with Crippen molar-refractivity contribution < 1.29 is 18.1 Å². The van der Waals surface area contributed by atoms with Crippen LogP contribution in [0.4, 0.5) is 0 Å². The molecule has 0 spiro atoms. The standard InChI is InChI=1S/C11H10O4S/c1-7-5-6-9(12)11-8(7)3-2-4-10(11)16(13,14)15/h2-6,12H,1H3,(H,13,14,15). The SMILES string of the molecule is Cc1ccc(O)c2c(S(=O)(=O)O)cccc12. The van der Waals surface area contributed by atoms with Gasteiger partial charge in [-0.05, 0) is 30.0 Å². The minimum Gasteiger partial charge on any atom is -0.507 e. The Balaban J connectivity index is 3.04. The molecule has 0 radical (unpaired) electrons. The van der Waals surface area contributed by atoms with Crippen molar-refractivity contribution in [3.63, 3.8) is 0 Å². The molecule has 5 heteroatoms. The Morgan fingerprint density at radius 3 is 2.44 bits per heavy atom. The Morgan fingerprint density at radius 1 is 1.12 bits per heavy atom. The van der Waals surface area contributed by atoms with Gasteiger partial charge >= 0.3 is 0 Å². The number of benzene rings is 2. The molecule has 16 heavy (non-hydrogen) atoms. The van der Waals surface area contributed by atoms with Gasteiger partial charge < -0.3 is 5.11 Å². The number of hydrogen-bond donors (Lipinski definition) is 2. The quantitative estimate of drug-likeness (QED) is 0.746. The number of aryl methyl sites for hydroxylation is 1. The summed E-state index contributed by atoms with van der Waals surface area (Å²) in [4.78, 5) is -0.272. The first-order chi connectivity index (χ1) is 7.41. The van der Waals surface area contributed by atoms with Crippen LogP contribution in [-0.4, -0.2) is 18.1 Å². The van der Waals surface area contributed by atoms with Gasteiger partial charge in [0.25, 0.3) is 10.1 Å². The normalized spacial score (nSPS) is 11.9. The Hall–Kier alpha value is -1.59. The van der Waals surface area contributed by atoms with Crippen LogP contribution in [0, 0.1) is 6.92 Å². The van der Waals surface area contributed by atoms with E-state index < -0.39 is 10.1 Å². The lowest BCUT2D eigenvalue weighted by atomic mass is 10.0. The molecule has 2 aromatic rings. The number of rotatable bonds is 1. The molecule has 4 nitrogen and oxygen atoms in total. The Labute approximate surface area is 92.9 Å². The summed E-state index contributed by atoms with van der Waals surface area (Å²) in [6.45, 7) is 1.80. The van der Waals surface area contributed by atoms with E-state index in [4.69, 9.17) is 4.55 Å². The highest BCUT2D eigenvalue weighted by Gasteiger charge is 2.16. The van der Waals surface area contributed by atoms with Gasteiger partial charge in [0.15, 0.2) is 0 Å². The maximum absolute atomic E-state index is 11.2. The summed E-state index contributed by atoms with van der Waals surface area (Å²) in [6, 6.07) is 7.57. The highest BCUT2D eigenvalue weighted by Crippen LogP contribution is 2.32. The molecule has 0 unspecified atom stereocenters. The van der Waals surface area contributed by atoms with E-state index in [0.717, 1.165) is 5.56 Å². The lowest BCUT2D eigenvalue weighted by molar-refractivity contribution is 0.474. The highest BCUT2D eigenvalue weighted by molar-refractivity contribution is 7.86. The van der Waals surface area contributed by atoms with Crippen molar-refractivity contribution in [2.24, 2.45) is 0 Å². The molecule has 2 aromatic carbocycles. The fourth-order valence-corrected chi connectivity index (χ4v) is 2.44. The van der Waals surface area contributed by atoms with Crippen LogP contribution in [0.15, 0.2) is 35.2 Å². The minimum absolute atomic E-state index is 0.157. The zero-order chi connectivity index (χ0) is 11.9. The van der Waals surface area contributed by atoms with Gasteiger partial charge in [-0.15, -0.1) is 0 Å². The number of phenolic OH excluding ortho intramolecular Hbond substituents is 1. The topological polar surface area (TPSA) is 74.6 Å². The van der Waals surface area contributed by atoms with E-state index in [1.54, 1.807) is 19.1 Å². The van der Waals surface area contributed by atoms with Gasteiger partial charge in [0, 0.05) is 5.39 Å². The van der Waals surface area contributed by atoms with Crippen molar-refractivity contribution in [2.45, 2.75) is 11.8 Å². The van der Waals surface area contributed by atoms with Crippen molar-refractivity contribution in [3.05, 3.63) is 35.9 Å². The smallest absolute Gasteiger partial charge is 0.295 e. The summed E-state index contributed by atoms with van der Waals surface area (Å²) in [6.07, 6.45) is 0. The van der Waals surface area contributed by atoms with E-state index in [0.29, 0.717) is 5.39 Å². The van der Waals surface area contributed by atoms with Crippen LogP contribution < -0.4 is 0 Å². The second-order valence-corrected chi connectivity index (χ2v) is 4.95. The molecule has 0 aliphatic heterocycles. The molecule has 0 saturated carbocycles. The largest absolute Gasteiger partial charge is 0.507 e. The van der Waals surface area contributed by atoms with Crippen molar-refractivity contribution >= 4 is 20.9 Å². The fourth-order valence-electron chi connectivity index (χ4n) is 1.72. The van der Waals surface area contributed by atoms with Crippen LogP contribution in [0.1, 0.15) is 5.56 Å². The average Bonchev–Trinajstić information content (AvgIpc) is 2.22. The molecule has 0 aliphatic carbocycles. The van der Waals surface area contributed by atoms with Gasteiger partial charge in [-0.3, -0.25) is 4.55 Å². The van der Waals surface area contributed by atoms with Crippen LogP contribution in [0.3, 0.4) is 0 Å². The number of hydrogen-bond acceptors (Lipinski definition) is 3. The summed E-state index contributed by atoms with van der Waals surface area (Å²) >= 11 is 0. The molecule has 0 amide bonds.